The fourth-order valence-corrected chi connectivity index (χ4v) is 3.73. The Morgan fingerprint density at radius 2 is 2.10 bits per heavy atom. The Morgan fingerprint density at radius 1 is 1.19 bits per heavy atom. The minimum atomic E-state index is -0.0128. The molecule has 5 nitrogen and oxygen atoms in total. The van der Waals surface area contributed by atoms with E-state index >= 15 is 0 Å². The van der Waals surface area contributed by atoms with Crippen LogP contribution in [0.4, 0.5) is 5.82 Å². The molecule has 2 aromatic heterocycles. The predicted octanol–water partition coefficient (Wildman–Crippen LogP) is 2.73. The molecule has 0 saturated carbocycles. The highest BCUT2D eigenvalue weighted by Crippen LogP contribution is 2.42. The number of anilines is 1. The second-order valence-electron chi connectivity index (χ2n) is 4.86. The van der Waals surface area contributed by atoms with E-state index in [-0.39, 0.29) is 11.2 Å². The molecule has 0 unspecified atom stereocenters. The molecule has 1 aliphatic rings. The molecular weight excluding hydrogens is 284 g/mol. The highest BCUT2D eigenvalue weighted by Gasteiger charge is 2.27. The fraction of sp³-hybridized carbons (Fsp3) is 0.133. The van der Waals surface area contributed by atoms with Crippen LogP contribution in [-0.4, -0.2) is 26.8 Å². The largest absolute Gasteiger partial charge is 0.310 e. The molecule has 1 atom stereocenters. The van der Waals surface area contributed by atoms with E-state index in [4.69, 9.17) is 0 Å². The number of pyridine rings is 1. The van der Waals surface area contributed by atoms with Crippen molar-refractivity contribution in [1.82, 2.24) is 15.2 Å². The second kappa shape index (κ2) is 4.89. The lowest BCUT2D eigenvalue weighted by atomic mass is 10.0. The lowest BCUT2D eigenvalue weighted by molar-refractivity contribution is -0.113. The lowest BCUT2D eigenvalue weighted by Crippen LogP contribution is -2.12. The van der Waals surface area contributed by atoms with Gasteiger partial charge >= 0.3 is 0 Å². The average molecular weight is 296 g/mol. The molecule has 0 saturated heterocycles. The van der Waals surface area contributed by atoms with Crippen LogP contribution >= 0.6 is 11.8 Å². The molecule has 0 radical (unpaired) electrons. The minimum absolute atomic E-state index is 0.0128. The summed E-state index contributed by atoms with van der Waals surface area (Å²) in [5, 5.41) is 10.9. The highest BCUT2D eigenvalue weighted by atomic mass is 32.2. The summed E-state index contributed by atoms with van der Waals surface area (Å²) in [5.41, 5.74) is 3.07. The molecule has 0 aliphatic carbocycles. The van der Waals surface area contributed by atoms with E-state index in [1.54, 1.807) is 24.2 Å². The van der Waals surface area contributed by atoms with Crippen molar-refractivity contribution in [2.45, 2.75) is 5.25 Å². The van der Waals surface area contributed by atoms with E-state index in [0.29, 0.717) is 11.6 Å². The first-order valence-corrected chi connectivity index (χ1v) is 7.66. The van der Waals surface area contributed by atoms with E-state index in [0.717, 1.165) is 22.0 Å². The van der Waals surface area contributed by atoms with E-state index in [9.17, 15) is 4.79 Å². The van der Waals surface area contributed by atoms with Crippen LogP contribution in [0.15, 0.2) is 42.7 Å². The predicted molar refractivity (Wildman–Crippen MR) is 83.3 cm³/mol. The van der Waals surface area contributed by atoms with Crippen LogP contribution in [0.25, 0.3) is 10.9 Å². The molecule has 0 fully saturated rings. The van der Waals surface area contributed by atoms with Crippen molar-refractivity contribution in [2.75, 3.05) is 11.1 Å². The number of hydrogen-bond donors (Lipinski definition) is 2. The minimum Gasteiger partial charge on any atom is -0.310 e. The van der Waals surface area contributed by atoms with E-state index in [2.05, 4.69) is 26.6 Å². The molecule has 0 spiro atoms. The second-order valence-corrected chi connectivity index (χ2v) is 5.96. The van der Waals surface area contributed by atoms with E-state index in [1.165, 1.54) is 0 Å². The number of nitrogens with zero attached hydrogens (tertiary/aromatic N) is 2. The molecule has 1 amide bonds. The third-order valence-corrected chi connectivity index (χ3v) is 4.81. The van der Waals surface area contributed by atoms with Gasteiger partial charge in [0.05, 0.1) is 22.7 Å². The number of nitrogens with one attached hydrogen (secondary N) is 2. The van der Waals surface area contributed by atoms with Crippen molar-refractivity contribution in [3.8, 4) is 0 Å². The van der Waals surface area contributed by atoms with Crippen LogP contribution < -0.4 is 5.32 Å². The van der Waals surface area contributed by atoms with Crippen LogP contribution in [0, 0.1) is 0 Å². The zero-order chi connectivity index (χ0) is 14.2. The maximum absolute atomic E-state index is 11.8. The Morgan fingerprint density at radius 3 is 3.05 bits per heavy atom. The van der Waals surface area contributed by atoms with Crippen LogP contribution in [0.1, 0.15) is 16.4 Å². The van der Waals surface area contributed by atoms with Gasteiger partial charge in [0.25, 0.3) is 0 Å². The Balaban J connectivity index is 1.91. The zero-order valence-corrected chi connectivity index (χ0v) is 11.9. The molecule has 1 aliphatic heterocycles. The molecule has 3 heterocycles. The molecule has 2 N–H and O–H groups in total. The number of H-pyrrole nitrogens is 1. The number of rotatable bonds is 1. The number of carbonyl (C=O) groups excluding carboxylic acids is 1. The number of benzene rings is 1. The summed E-state index contributed by atoms with van der Waals surface area (Å²) in [5.74, 6) is 1.08. The summed E-state index contributed by atoms with van der Waals surface area (Å²) in [6.07, 6.45) is 3.58. The highest BCUT2D eigenvalue weighted by molar-refractivity contribution is 8.00. The van der Waals surface area contributed by atoms with Crippen molar-refractivity contribution in [3.05, 3.63) is 53.9 Å². The van der Waals surface area contributed by atoms with Crippen molar-refractivity contribution in [2.24, 2.45) is 0 Å². The van der Waals surface area contributed by atoms with Crippen LogP contribution in [0.2, 0.25) is 0 Å². The summed E-state index contributed by atoms with van der Waals surface area (Å²) in [4.78, 5) is 16.3. The van der Waals surface area contributed by atoms with Gasteiger partial charge in [-0.05, 0) is 11.6 Å². The Labute approximate surface area is 125 Å². The maximum atomic E-state index is 11.8. The molecule has 104 valence electrons. The first-order valence-electron chi connectivity index (χ1n) is 6.61. The monoisotopic (exact) mass is 296 g/mol. The number of thioether (sulfide) groups is 1. The molecule has 4 rings (SSSR count). The van der Waals surface area contributed by atoms with Gasteiger partial charge < -0.3 is 5.32 Å². The van der Waals surface area contributed by atoms with Gasteiger partial charge in [-0.25, -0.2) is 0 Å². The number of para-hydroxylation sites is 1. The number of aromatic nitrogens is 3. The average Bonchev–Trinajstić information content (AvgIpc) is 2.89. The van der Waals surface area contributed by atoms with Gasteiger partial charge in [-0.2, -0.15) is 5.10 Å². The number of aromatic amines is 1. The molecule has 0 bridgehead atoms. The number of fused-ring (bicyclic) bond motifs is 2. The Hall–Kier alpha value is -2.34. The maximum Gasteiger partial charge on any atom is 0.235 e. The summed E-state index contributed by atoms with van der Waals surface area (Å²) >= 11 is 1.60. The topological polar surface area (TPSA) is 70.7 Å². The standard InChI is InChI=1S/C15H12N4OS/c20-12-8-21-14(11-7-17-19-15(11)18-12)10-5-1-3-9-4-2-6-16-13(9)10/h1-7,14H,8H2,(H2,17,18,19,20)/t14-/m0/s1. The van der Waals surface area contributed by atoms with Gasteiger partial charge in [-0.3, -0.25) is 14.9 Å². The van der Waals surface area contributed by atoms with Gasteiger partial charge in [0.15, 0.2) is 0 Å². The molecular formula is C15H12N4OS. The third kappa shape index (κ3) is 2.08. The molecule has 1 aromatic carbocycles. The molecule has 6 heteroatoms. The van der Waals surface area contributed by atoms with Gasteiger partial charge in [-0.1, -0.05) is 24.3 Å². The van der Waals surface area contributed by atoms with Crippen molar-refractivity contribution >= 4 is 34.4 Å². The Bertz CT molecular complexity index is 824. The molecule has 21 heavy (non-hydrogen) atoms. The van der Waals surface area contributed by atoms with Crippen LogP contribution in [-0.2, 0) is 4.79 Å². The Kier molecular flexibility index (Phi) is 2.89. The summed E-state index contributed by atoms with van der Waals surface area (Å²) in [6.45, 7) is 0. The third-order valence-electron chi connectivity index (χ3n) is 3.54. The summed E-state index contributed by atoms with van der Waals surface area (Å²) in [7, 11) is 0. The van der Waals surface area contributed by atoms with Crippen molar-refractivity contribution < 1.29 is 4.79 Å². The first-order chi connectivity index (χ1) is 10.3. The van der Waals surface area contributed by atoms with E-state index < -0.39 is 0 Å². The quantitative estimate of drug-likeness (QED) is 0.724. The lowest BCUT2D eigenvalue weighted by Gasteiger charge is -2.15. The van der Waals surface area contributed by atoms with Gasteiger partial charge in [-0.15, -0.1) is 11.8 Å². The van der Waals surface area contributed by atoms with Crippen molar-refractivity contribution in [1.29, 1.82) is 0 Å². The SMILES string of the molecule is O=C1CS[C@@H](c2cccc3cccnc23)c2cn[nH]c2N1. The first kappa shape index (κ1) is 12.4. The fourth-order valence-electron chi connectivity index (χ4n) is 2.62. The smallest absolute Gasteiger partial charge is 0.235 e. The van der Waals surface area contributed by atoms with Gasteiger partial charge in [0.1, 0.15) is 5.82 Å². The zero-order valence-electron chi connectivity index (χ0n) is 11.0. The number of hydrogen-bond acceptors (Lipinski definition) is 4. The van der Waals surface area contributed by atoms with Gasteiger partial charge in [0.2, 0.25) is 5.91 Å². The summed E-state index contributed by atoms with van der Waals surface area (Å²) in [6, 6.07) is 10.1. The van der Waals surface area contributed by atoms with Gasteiger partial charge in [0, 0.05) is 17.1 Å². The number of carbonyl (C=O) groups is 1. The number of amides is 1. The summed E-state index contributed by atoms with van der Waals surface area (Å²) < 4.78 is 0. The van der Waals surface area contributed by atoms with Crippen LogP contribution in [0.3, 0.4) is 0 Å². The van der Waals surface area contributed by atoms with Crippen LogP contribution in [0.5, 0.6) is 0 Å². The van der Waals surface area contributed by atoms with E-state index in [1.807, 2.05) is 24.3 Å². The normalized spacial score (nSPS) is 18.1. The van der Waals surface area contributed by atoms with Crippen molar-refractivity contribution in [3.63, 3.8) is 0 Å². The molecule has 3 aromatic rings.